The summed E-state index contributed by atoms with van der Waals surface area (Å²) in [6.07, 6.45) is 12.3. The predicted octanol–water partition coefficient (Wildman–Crippen LogP) is 4.28. The first kappa shape index (κ1) is 21.0. The van der Waals surface area contributed by atoms with Crippen molar-refractivity contribution in [2.24, 2.45) is 22.7 Å². The highest BCUT2D eigenvalue weighted by Gasteiger charge is 2.81. The lowest BCUT2D eigenvalue weighted by Gasteiger charge is -2.58. The second-order valence-corrected chi connectivity index (χ2v) is 13.0. The van der Waals surface area contributed by atoms with Gasteiger partial charge in [-0.1, -0.05) is 25.1 Å². The fraction of sp³-hybridized carbons (Fsp3) is 0.621. The van der Waals surface area contributed by atoms with Crippen LogP contribution in [-0.4, -0.2) is 57.6 Å². The Morgan fingerprint density at radius 2 is 2.03 bits per heavy atom. The van der Waals surface area contributed by atoms with E-state index in [1.165, 1.54) is 17.6 Å². The molecule has 2 aliphatic heterocycles. The zero-order chi connectivity index (χ0) is 24.0. The lowest BCUT2D eigenvalue weighted by Crippen LogP contribution is -2.62. The minimum Gasteiger partial charge on any atom is -0.391 e. The molecule has 8 atom stereocenters. The summed E-state index contributed by atoms with van der Waals surface area (Å²) in [6.45, 7) is 2.47. The Morgan fingerprint density at radius 1 is 1.17 bits per heavy atom. The van der Waals surface area contributed by atoms with Crippen LogP contribution in [0.2, 0.25) is 0 Å². The molecular formula is C29H36N4O2. The second-order valence-electron chi connectivity index (χ2n) is 13.0. The van der Waals surface area contributed by atoms with Crippen molar-refractivity contribution in [3.63, 3.8) is 0 Å². The van der Waals surface area contributed by atoms with Crippen LogP contribution in [0.15, 0.2) is 35.9 Å². The molecule has 3 heterocycles. The number of nitrogens with one attached hydrogen (secondary N) is 1. The number of rotatable bonds is 2. The maximum Gasteiger partial charge on any atom is 0.153 e. The highest BCUT2D eigenvalue weighted by atomic mass is 16.5. The molecule has 2 aromatic rings. The van der Waals surface area contributed by atoms with Gasteiger partial charge >= 0.3 is 0 Å². The Kier molecular flexibility index (Phi) is 3.72. The molecule has 1 aromatic heterocycles. The average Bonchev–Trinajstić information content (AvgIpc) is 3.10. The van der Waals surface area contributed by atoms with Crippen LogP contribution in [0.5, 0.6) is 0 Å². The van der Waals surface area contributed by atoms with E-state index in [0.29, 0.717) is 17.7 Å². The molecule has 4 N–H and O–H groups in total. The van der Waals surface area contributed by atoms with E-state index in [1.807, 2.05) is 0 Å². The van der Waals surface area contributed by atoms with Gasteiger partial charge in [0.1, 0.15) is 0 Å². The Morgan fingerprint density at radius 3 is 2.86 bits per heavy atom. The smallest absolute Gasteiger partial charge is 0.153 e. The average molecular weight is 473 g/mol. The summed E-state index contributed by atoms with van der Waals surface area (Å²) >= 11 is 0. The number of H-pyrrole nitrogens is 1. The molecule has 0 amide bonds. The number of anilines is 1. The number of nitrogens with two attached hydrogens (primary N) is 1. The molecule has 2 saturated carbocycles. The van der Waals surface area contributed by atoms with Crippen LogP contribution in [-0.2, 0) is 4.74 Å². The quantitative estimate of drug-likeness (QED) is 0.568. The first-order valence-corrected chi connectivity index (χ1v) is 13.4. The number of fused-ring (bicyclic) bond motifs is 3. The molecule has 6 nitrogen and oxygen atoms in total. The summed E-state index contributed by atoms with van der Waals surface area (Å²) < 4.78 is 7.52. The van der Waals surface area contributed by atoms with Crippen molar-refractivity contribution in [2.75, 3.05) is 19.8 Å². The molecule has 1 aromatic carbocycles. The van der Waals surface area contributed by atoms with E-state index in [2.05, 4.69) is 66.5 Å². The Labute approximate surface area is 206 Å². The molecule has 184 valence electrons. The van der Waals surface area contributed by atoms with Gasteiger partial charge in [-0.3, -0.25) is 5.10 Å². The van der Waals surface area contributed by atoms with Gasteiger partial charge in [-0.25, -0.2) is 0 Å². The number of aromatic nitrogens is 2. The van der Waals surface area contributed by atoms with E-state index in [9.17, 15) is 5.11 Å². The number of ether oxygens (including phenoxy) is 1. The SMILES string of the molecule is CN(C)[C@H]1C[C@@]23CC[C@@]4(O2)C(=CCC2(C)C(c5ccc6[nH]nc(N)c6c5)=CCC24)C2CC23CC1O. The molecule has 35 heavy (non-hydrogen) atoms. The van der Waals surface area contributed by atoms with Crippen LogP contribution in [0.4, 0.5) is 5.82 Å². The number of aliphatic hydroxyl groups is 1. The number of hydrogen-bond donors (Lipinski definition) is 3. The number of nitrogen functional groups attached to an aromatic ring is 1. The van der Waals surface area contributed by atoms with Gasteiger partial charge in [0.2, 0.25) is 0 Å². The first-order valence-electron chi connectivity index (χ1n) is 13.4. The highest BCUT2D eigenvalue weighted by molar-refractivity contribution is 5.92. The fourth-order valence-corrected chi connectivity index (χ4v) is 9.78. The largest absolute Gasteiger partial charge is 0.391 e. The molecule has 0 radical (unpaired) electrons. The maximum atomic E-state index is 11.1. The van der Waals surface area contributed by atoms with Crippen LogP contribution in [0.25, 0.3) is 16.5 Å². The third-order valence-corrected chi connectivity index (χ3v) is 11.5. The topological polar surface area (TPSA) is 87.4 Å². The van der Waals surface area contributed by atoms with Crippen LogP contribution < -0.4 is 5.73 Å². The van der Waals surface area contributed by atoms with Gasteiger partial charge in [-0.2, -0.15) is 5.10 Å². The molecule has 5 unspecified atom stereocenters. The summed E-state index contributed by atoms with van der Waals surface area (Å²) in [7, 11) is 4.22. The summed E-state index contributed by atoms with van der Waals surface area (Å²) in [6, 6.07) is 6.74. The van der Waals surface area contributed by atoms with Crippen molar-refractivity contribution in [3.8, 4) is 0 Å². The van der Waals surface area contributed by atoms with Gasteiger partial charge in [0.05, 0.1) is 22.8 Å². The molecule has 4 aliphatic carbocycles. The molecule has 2 bridgehead atoms. The van der Waals surface area contributed by atoms with E-state index in [4.69, 9.17) is 10.5 Å². The van der Waals surface area contributed by atoms with Gasteiger partial charge in [0, 0.05) is 28.2 Å². The molecular weight excluding hydrogens is 436 g/mol. The molecule has 6 aliphatic rings. The van der Waals surface area contributed by atoms with E-state index in [-0.39, 0.29) is 34.2 Å². The Balaban J connectivity index is 1.20. The maximum absolute atomic E-state index is 11.1. The normalized spacial score (nSPS) is 47.1. The van der Waals surface area contributed by atoms with Crippen LogP contribution in [0, 0.1) is 22.7 Å². The van der Waals surface area contributed by atoms with Gasteiger partial charge in [0.15, 0.2) is 5.82 Å². The summed E-state index contributed by atoms with van der Waals surface area (Å²) in [5.74, 6) is 1.64. The summed E-state index contributed by atoms with van der Waals surface area (Å²) in [4.78, 5) is 2.22. The number of aliphatic hydroxyl groups excluding tert-OH is 1. The van der Waals surface area contributed by atoms with Crippen molar-refractivity contribution < 1.29 is 9.84 Å². The fourth-order valence-electron chi connectivity index (χ4n) is 9.78. The highest BCUT2D eigenvalue weighted by Crippen LogP contribution is 2.81. The number of allylic oxidation sites excluding steroid dienone is 3. The number of likely N-dealkylation sites (N-methyl/N-ethyl adjacent to an activating group) is 1. The van der Waals surface area contributed by atoms with E-state index >= 15 is 0 Å². The van der Waals surface area contributed by atoms with Crippen molar-refractivity contribution in [3.05, 3.63) is 41.5 Å². The number of hydrogen-bond acceptors (Lipinski definition) is 5. The minimum atomic E-state index is -0.253. The van der Waals surface area contributed by atoms with Gasteiger partial charge in [-0.15, -0.1) is 0 Å². The standard InChI is InChI=1S/C29H36N4O2/c1-26-9-8-19-20-13-27(20)15-23(34)22(33(2)3)14-28(27)10-11-29(19,35-28)24(26)7-5-18(26)16-4-6-21-17(12-16)25(30)32-31-21/h4-6,8,12,20,22-24,34H,7,9-11,13-15H2,1-3H3,(H3,30,31,32)/t20?,22-,23?,24?,26?,27?,28+,29+/m0/s1. The van der Waals surface area contributed by atoms with Crippen molar-refractivity contribution in [2.45, 2.75) is 75.2 Å². The zero-order valence-electron chi connectivity index (χ0n) is 21.0. The summed E-state index contributed by atoms with van der Waals surface area (Å²) in [5.41, 5.74) is 11.4. The van der Waals surface area contributed by atoms with Crippen LogP contribution in [0.1, 0.15) is 57.4 Å². The zero-order valence-corrected chi connectivity index (χ0v) is 21.0. The van der Waals surface area contributed by atoms with Crippen molar-refractivity contribution in [1.82, 2.24) is 15.1 Å². The Hall–Kier alpha value is -2.15. The van der Waals surface area contributed by atoms with Gasteiger partial charge in [-0.05, 0) is 93.8 Å². The molecule has 3 spiro atoms. The molecule has 8 rings (SSSR count). The van der Waals surface area contributed by atoms with Crippen molar-refractivity contribution >= 4 is 22.3 Å². The van der Waals surface area contributed by atoms with E-state index in [1.54, 1.807) is 5.57 Å². The second kappa shape index (κ2) is 6.21. The number of benzene rings is 1. The molecule has 6 heteroatoms. The third-order valence-electron chi connectivity index (χ3n) is 11.5. The lowest BCUT2D eigenvalue weighted by atomic mass is 9.57. The monoisotopic (exact) mass is 472 g/mol. The predicted molar refractivity (Wildman–Crippen MR) is 136 cm³/mol. The minimum absolute atomic E-state index is 0.0468. The van der Waals surface area contributed by atoms with E-state index < -0.39 is 0 Å². The first-order chi connectivity index (χ1) is 16.7. The van der Waals surface area contributed by atoms with Crippen LogP contribution >= 0.6 is 0 Å². The number of aromatic amines is 1. The van der Waals surface area contributed by atoms with Gasteiger partial charge in [0.25, 0.3) is 0 Å². The van der Waals surface area contributed by atoms with Gasteiger partial charge < -0.3 is 20.5 Å². The lowest BCUT2D eigenvalue weighted by molar-refractivity contribution is -0.216. The van der Waals surface area contributed by atoms with Crippen LogP contribution in [0.3, 0.4) is 0 Å². The Bertz CT molecular complexity index is 1340. The van der Waals surface area contributed by atoms with Crippen molar-refractivity contribution in [1.29, 1.82) is 0 Å². The number of nitrogens with zero attached hydrogens (tertiary/aromatic N) is 2. The molecule has 2 saturated heterocycles. The summed E-state index contributed by atoms with van der Waals surface area (Å²) in [5, 5.41) is 19.3. The van der Waals surface area contributed by atoms with E-state index in [0.717, 1.165) is 49.4 Å². The third kappa shape index (κ3) is 2.27. The molecule has 4 fully saturated rings.